The quantitative estimate of drug-likeness (QED) is 0.701. The Morgan fingerprint density at radius 1 is 1.16 bits per heavy atom. The van der Waals surface area contributed by atoms with Gasteiger partial charge in [-0.05, 0) is 18.2 Å². The number of hydrogen-bond donors (Lipinski definition) is 0. The van der Waals surface area contributed by atoms with Crippen LogP contribution in [0, 0.1) is 0 Å². The average molecular weight is 253 g/mol. The highest BCUT2D eigenvalue weighted by Crippen LogP contribution is 2.21. The van der Waals surface area contributed by atoms with Crippen LogP contribution in [0.4, 0.5) is 5.82 Å². The van der Waals surface area contributed by atoms with E-state index in [9.17, 15) is 0 Å². The summed E-state index contributed by atoms with van der Waals surface area (Å²) in [4.78, 5) is 15.4. The van der Waals surface area contributed by atoms with Gasteiger partial charge >= 0.3 is 0 Å². The maximum Gasteiger partial charge on any atom is 0.158 e. The van der Waals surface area contributed by atoms with Gasteiger partial charge in [-0.2, -0.15) is 0 Å². The van der Waals surface area contributed by atoms with E-state index in [0.29, 0.717) is 0 Å². The summed E-state index contributed by atoms with van der Waals surface area (Å²) in [6.07, 6.45) is 5.56. The molecule has 3 aromatic rings. The summed E-state index contributed by atoms with van der Waals surface area (Å²) in [5.41, 5.74) is 3.69. The number of pyridine rings is 1. The molecule has 96 valence electrons. The van der Waals surface area contributed by atoms with Crippen LogP contribution in [0.25, 0.3) is 22.4 Å². The predicted molar refractivity (Wildman–Crippen MR) is 76.1 cm³/mol. The molecule has 0 radical (unpaired) electrons. The molecule has 0 spiro atoms. The molecule has 0 fully saturated rings. The fraction of sp³-hybridized carbons (Fsp3) is 0.214. The average Bonchev–Trinajstić information content (AvgIpc) is 2.80. The lowest BCUT2D eigenvalue weighted by atomic mass is 10.2. The molecule has 0 aliphatic carbocycles. The molecular weight excluding hydrogens is 238 g/mol. The molecule has 0 bridgehead atoms. The van der Waals surface area contributed by atoms with Gasteiger partial charge in [-0.3, -0.25) is 0 Å². The number of anilines is 1. The topological polar surface area (TPSA) is 46.8 Å². The minimum atomic E-state index is 0.865. The van der Waals surface area contributed by atoms with Gasteiger partial charge in [0.1, 0.15) is 11.3 Å². The number of nitrogens with zero attached hydrogens (tertiary/aromatic N) is 5. The SMILES string of the molecule is CN(C)c1cc(-c2cnc3c(ccn3C)n2)ccn1. The third kappa shape index (κ3) is 2.03. The van der Waals surface area contributed by atoms with Crippen molar-refractivity contribution in [1.82, 2.24) is 19.5 Å². The summed E-state index contributed by atoms with van der Waals surface area (Å²) >= 11 is 0. The van der Waals surface area contributed by atoms with Gasteiger partial charge in [-0.1, -0.05) is 0 Å². The molecule has 3 aromatic heterocycles. The van der Waals surface area contributed by atoms with Crippen LogP contribution in [0.15, 0.2) is 36.8 Å². The van der Waals surface area contributed by atoms with Crippen molar-refractivity contribution in [2.75, 3.05) is 19.0 Å². The lowest BCUT2D eigenvalue weighted by Crippen LogP contribution is -2.10. The molecule has 0 saturated heterocycles. The van der Waals surface area contributed by atoms with E-state index in [-0.39, 0.29) is 0 Å². The van der Waals surface area contributed by atoms with Crippen molar-refractivity contribution in [1.29, 1.82) is 0 Å². The van der Waals surface area contributed by atoms with Crippen molar-refractivity contribution >= 4 is 17.0 Å². The molecule has 0 unspecified atom stereocenters. The molecule has 0 aliphatic rings. The van der Waals surface area contributed by atoms with Crippen molar-refractivity contribution in [3.05, 3.63) is 36.8 Å². The van der Waals surface area contributed by atoms with Gasteiger partial charge in [-0.25, -0.2) is 15.0 Å². The van der Waals surface area contributed by atoms with Crippen molar-refractivity contribution in [3.8, 4) is 11.3 Å². The summed E-state index contributed by atoms with van der Waals surface area (Å²) in [6, 6.07) is 5.93. The van der Waals surface area contributed by atoms with Crippen molar-refractivity contribution in [3.63, 3.8) is 0 Å². The lowest BCUT2D eigenvalue weighted by molar-refractivity contribution is 0.946. The minimum absolute atomic E-state index is 0.865. The maximum absolute atomic E-state index is 4.64. The lowest BCUT2D eigenvalue weighted by Gasteiger charge is -2.11. The maximum atomic E-state index is 4.64. The van der Waals surface area contributed by atoms with E-state index in [0.717, 1.165) is 28.2 Å². The van der Waals surface area contributed by atoms with Gasteiger partial charge in [-0.15, -0.1) is 0 Å². The Morgan fingerprint density at radius 2 is 2.00 bits per heavy atom. The monoisotopic (exact) mass is 253 g/mol. The fourth-order valence-electron chi connectivity index (χ4n) is 1.99. The van der Waals surface area contributed by atoms with Crippen molar-refractivity contribution < 1.29 is 0 Å². The molecule has 0 saturated carbocycles. The van der Waals surface area contributed by atoms with Crippen LogP contribution in [0.3, 0.4) is 0 Å². The molecular formula is C14H15N5. The molecule has 19 heavy (non-hydrogen) atoms. The standard InChI is InChI=1S/C14H15N5/c1-18(2)13-8-10(4-6-15-13)12-9-16-14-11(17-12)5-7-19(14)3/h4-9H,1-3H3. The first kappa shape index (κ1) is 11.6. The fourth-order valence-corrected chi connectivity index (χ4v) is 1.99. The van der Waals surface area contributed by atoms with Crippen molar-refractivity contribution in [2.45, 2.75) is 0 Å². The second kappa shape index (κ2) is 4.35. The first-order chi connectivity index (χ1) is 9.15. The van der Waals surface area contributed by atoms with E-state index in [1.807, 2.05) is 55.0 Å². The zero-order chi connectivity index (χ0) is 13.4. The van der Waals surface area contributed by atoms with E-state index in [4.69, 9.17) is 0 Å². The Labute approximate surface area is 111 Å². The van der Waals surface area contributed by atoms with E-state index < -0.39 is 0 Å². The highest BCUT2D eigenvalue weighted by atomic mass is 15.1. The molecule has 0 amide bonds. The van der Waals surface area contributed by atoms with Gasteiger partial charge in [0.25, 0.3) is 0 Å². The Bertz CT molecular complexity index is 730. The van der Waals surface area contributed by atoms with Gasteiger partial charge < -0.3 is 9.47 Å². The van der Waals surface area contributed by atoms with Gasteiger partial charge in [0, 0.05) is 39.1 Å². The summed E-state index contributed by atoms with van der Waals surface area (Å²) in [6.45, 7) is 0. The van der Waals surface area contributed by atoms with Gasteiger partial charge in [0.2, 0.25) is 0 Å². The van der Waals surface area contributed by atoms with Gasteiger partial charge in [0.05, 0.1) is 11.9 Å². The van der Waals surface area contributed by atoms with Crippen LogP contribution in [0.2, 0.25) is 0 Å². The summed E-state index contributed by atoms with van der Waals surface area (Å²) in [7, 11) is 5.91. The van der Waals surface area contributed by atoms with E-state index in [1.54, 1.807) is 12.4 Å². The van der Waals surface area contributed by atoms with Crippen LogP contribution in [-0.2, 0) is 7.05 Å². The second-order valence-corrected chi connectivity index (χ2v) is 4.69. The normalized spacial score (nSPS) is 10.9. The Morgan fingerprint density at radius 3 is 2.79 bits per heavy atom. The van der Waals surface area contributed by atoms with Crippen LogP contribution in [0.5, 0.6) is 0 Å². The molecule has 0 atom stereocenters. The van der Waals surface area contributed by atoms with E-state index in [1.165, 1.54) is 0 Å². The first-order valence-electron chi connectivity index (χ1n) is 6.07. The number of aryl methyl sites for hydroxylation is 1. The highest BCUT2D eigenvalue weighted by molar-refractivity contribution is 5.75. The predicted octanol–water partition coefficient (Wildman–Crippen LogP) is 2.10. The largest absolute Gasteiger partial charge is 0.363 e. The third-order valence-electron chi connectivity index (χ3n) is 3.07. The third-order valence-corrected chi connectivity index (χ3v) is 3.07. The van der Waals surface area contributed by atoms with Crippen molar-refractivity contribution in [2.24, 2.45) is 7.05 Å². The van der Waals surface area contributed by atoms with E-state index >= 15 is 0 Å². The zero-order valence-electron chi connectivity index (χ0n) is 11.2. The molecule has 3 rings (SSSR count). The molecule has 5 nitrogen and oxygen atoms in total. The molecule has 0 aliphatic heterocycles. The molecule has 5 heteroatoms. The zero-order valence-corrected chi connectivity index (χ0v) is 11.2. The number of fused-ring (bicyclic) bond motifs is 1. The van der Waals surface area contributed by atoms with Crippen LogP contribution in [-0.4, -0.2) is 33.6 Å². The van der Waals surface area contributed by atoms with Crippen LogP contribution >= 0.6 is 0 Å². The Kier molecular flexibility index (Phi) is 2.67. The number of hydrogen-bond acceptors (Lipinski definition) is 4. The smallest absolute Gasteiger partial charge is 0.158 e. The first-order valence-corrected chi connectivity index (χ1v) is 6.07. The Hall–Kier alpha value is -2.43. The highest BCUT2D eigenvalue weighted by Gasteiger charge is 2.06. The number of rotatable bonds is 2. The van der Waals surface area contributed by atoms with Crippen LogP contribution in [0.1, 0.15) is 0 Å². The molecule has 0 aromatic carbocycles. The molecule has 3 heterocycles. The number of aromatic nitrogens is 4. The van der Waals surface area contributed by atoms with Gasteiger partial charge in [0.15, 0.2) is 5.65 Å². The summed E-state index contributed by atoms with van der Waals surface area (Å²) in [5, 5.41) is 0. The minimum Gasteiger partial charge on any atom is -0.363 e. The second-order valence-electron chi connectivity index (χ2n) is 4.69. The Balaban J connectivity index is 2.10. The van der Waals surface area contributed by atoms with E-state index in [2.05, 4.69) is 15.0 Å². The van der Waals surface area contributed by atoms with Crippen LogP contribution < -0.4 is 4.90 Å². The summed E-state index contributed by atoms with van der Waals surface area (Å²) in [5.74, 6) is 0.910. The molecule has 0 N–H and O–H groups in total. The summed E-state index contributed by atoms with van der Waals surface area (Å²) < 4.78 is 1.96.